The molecule has 0 aliphatic carbocycles. The summed E-state index contributed by atoms with van der Waals surface area (Å²) in [7, 11) is 1.59. The van der Waals surface area contributed by atoms with Crippen molar-refractivity contribution in [3.8, 4) is 11.8 Å². The Kier molecular flexibility index (Phi) is 4.96. The normalized spacial score (nSPS) is 10.2. The number of ether oxygens (including phenoxy) is 1. The number of carbonyl (C=O) groups excluding carboxylic acids is 1. The molecule has 0 aliphatic heterocycles. The fourth-order valence-corrected chi connectivity index (χ4v) is 2.74. The fourth-order valence-electron chi connectivity index (χ4n) is 2.74. The molecule has 4 nitrogen and oxygen atoms in total. The molecule has 1 aromatic heterocycles. The van der Waals surface area contributed by atoms with Gasteiger partial charge < -0.3 is 9.30 Å². The minimum absolute atomic E-state index is 0.0614. The van der Waals surface area contributed by atoms with Crippen molar-refractivity contribution >= 4 is 5.78 Å². The Morgan fingerprint density at radius 3 is 2.44 bits per heavy atom. The van der Waals surface area contributed by atoms with E-state index in [0.717, 1.165) is 11.3 Å². The summed E-state index contributed by atoms with van der Waals surface area (Å²) in [6, 6.07) is 21.0. The van der Waals surface area contributed by atoms with E-state index >= 15 is 0 Å². The number of carbonyl (C=O) groups is 1. The number of nitrogens with zero attached hydrogens (tertiary/aromatic N) is 2. The van der Waals surface area contributed by atoms with Gasteiger partial charge >= 0.3 is 0 Å². The van der Waals surface area contributed by atoms with E-state index in [4.69, 9.17) is 10.00 Å². The second kappa shape index (κ2) is 7.50. The van der Waals surface area contributed by atoms with E-state index in [1.54, 1.807) is 37.4 Å². The molecule has 0 atom stereocenters. The predicted molar refractivity (Wildman–Crippen MR) is 95.7 cm³/mol. The molecule has 124 valence electrons. The lowest BCUT2D eigenvalue weighted by Crippen LogP contribution is -2.03. The highest BCUT2D eigenvalue weighted by atomic mass is 16.5. The predicted octanol–water partition coefficient (Wildman–Crippen LogP) is 3.84. The molecule has 0 saturated heterocycles. The third kappa shape index (κ3) is 3.78. The minimum Gasteiger partial charge on any atom is -0.497 e. The van der Waals surface area contributed by atoms with Crippen LogP contribution in [-0.2, 0) is 13.0 Å². The van der Waals surface area contributed by atoms with E-state index in [9.17, 15) is 4.79 Å². The second-order valence-corrected chi connectivity index (χ2v) is 5.73. The average molecular weight is 330 g/mol. The third-order valence-corrected chi connectivity index (χ3v) is 4.06. The SMILES string of the molecule is COc1ccc(C(=O)c2cc(CC#N)n(Cc3ccccc3)c2)cc1. The number of hydrogen-bond donors (Lipinski definition) is 0. The molecular formula is C21H18N2O2. The van der Waals surface area contributed by atoms with Crippen molar-refractivity contribution in [2.45, 2.75) is 13.0 Å². The van der Waals surface area contributed by atoms with Crippen LogP contribution < -0.4 is 4.74 Å². The van der Waals surface area contributed by atoms with Crippen LogP contribution in [0.15, 0.2) is 66.9 Å². The Balaban J connectivity index is 1.89. The maximum Gasteiger partial charge on any atom is 0.194 e. The molecule has 0 aliphatic rings. The van der Waals surface area contributed by atoms with Gasteiger partial charge in [0, 0.05) is 29.6 Å². The van der Waals surface area contributed by atoms with Crippen molar-refractivity contribution in [3.63, 3.8) is 0 Å². The first-order valence-corrected chi connectivity index (χ1v) is 8.00. The maximum absolute atomic E-state index is 12.7. The number of methoxy groups -OCH3 is 1. The summed E-state index contributed by atoms with van der Waals surface area (Å²) < 4.78 is 7.09. The molecule has 0 N–H and O–H groups in total. The van der Waals surface area contributed by atoms with E-state index in [2.05, 4.69) is 6.07 Å². The molecule has 0 saturated carbocycles. The van der Waals surface area contributed by atoms with Gasteiger partial charge in [0.25, 0.3) is 0 Å². The van der Waals surface area contributed by atoms with E-state index in [1.165, 1.54) is 0 Å². The fraction of sp³-hybridized carbons (Fsp3) is 0.143. The minimum atomic E-state index is -0.0614. The van der Waals surface area contributed by atoms with Crippen LogP contribution in [0.1, 0.15) is 27.2 Å². The molecule has 0 amide bonds. The highest BCUT2D eigenvalue weighted by Crippen LogP contribution is 2.18. The molecular weight excluding hydrogens is 312 g/mol. The van der Waals surface area contributed by atoms with Crippen molar-refractivity contribution in [1.82, 2.24) is 4.57 Å². The lowest BCUT2D eigenvalue weighted by molar-refractivity contribution is 0.103. The van der Waals surface area contributed by atoms with Crippen molar-refractivity contribution in [2.24, 2.45) is 0 Å². The third-order valence-electron chi connectivity index (χ3n) is 4.06. The molecule has 0 spiro atoms. The lowest BCUT2D eigenvalue weighted by atomic mass is 10.1. The summed E-state index contributed by atoms with van der Waals surface area (Å²) in [5.41, 5.74) is 3.15. The number of aromatic nitrogens is 1. The molecule has 3 aromatic rings. The summed E-state index contributed by atoms with van der Waals surface area (Å²) in [5.74, 6) is 0.650. The maximum atomic E-state index is 12.7. The van der Waals surface area contributed by atoms with E-state index in [0.29, 0.717) is 23.4 Å². The lowest BCUT2D eigenvalue weighted by Gasteiger charge is -2.06. The van der Waals surface area contributed by atoms with Crippen LogP contribution in [0.25, 0.3) is 0 Å². The van der Waals surface area contributed by atoms with Crippen LogP contribution in [-0.4, -0.2) is 17.5 Å². The van der Waals surface area contributed by atoms with Gasteiger partial charge in [0.2, 0.25) is 0 Å². The summed E-state index contributed by atoms with van der Waals surface area (Å²) in [6.07, 6.45) is 2.09. The topological polar surface area (TPSA) is 55.0 Å². The molecule has 0 radical (unpaired) electrons. The number of nitriles is 1. The van der Waals surface area contributed by atoms with Gasteiger partial charge in [0.05, 0.1) is 19.6 Å². The van der Waals surface area contributed by atoms with Gasteiger partial charge in [-0.05, 0) is 35.9 Å². The number of benzene rings is 2. The Bertz CT molecular complexity index is 903. The Morgan fingerprint density at radius 1 is 1.08 bits per heavy atom. The zero-order chi connectivity index (χ0) is 17.6. The van der Waals surface area contributed by atoms with Gasteiger partial charge in [-0.25, -0.2) is 0 Å². The first kappa shape index (κ1) is 16.5. The van der Waals surface area contributed by atoms with Crippen molar-refractivity contribution in [2.75, 3.05) is 7.11 Å². The highest BCUT2D eigenvalue weighted by molar-refractivity contribution is 6.09. The van der Waals surface area contributed by atoms with Gasteiger partial charge in [-0.3, -0.25) is 4.79 Å². The standard InChI is InChI=1S/C21H18N2O2/c1-25-20-9-7-17(8-10-20)21(24)18-13-19(11-12-22)23(15-18)14-16-5-3-2-4-6-16/h2-10,13,15H,11,14H2,1H3. The van der Waals surface area contributed by atoms with Gasteiger partial charge in [-0.2, -0.15) is 5.26 Å². The summed E-state index contributed by atoms with van der Waals surface area (Å²) in [5, 5.41) is 9.07. The van der Waals surface area contributed by atoms with E-state index < -0.39 is 0 Å². The Hall–Kier alpha value is -3.32. The monoisotopic (exact) mass is 330 g/mol. The van der Waals surface area contributed by atoms with Crippen molar-refractivity contribution in [3.05, 3.63) is 89.2 Å². The molecule has 1 heterocycles. The van der Waals surface area contributed by atoms with Crippen LogP contribution in [0.4, 0.5) is 0 Å². The van der Waals surface area contributed by atoms with Crippen LogP contribution in [0.3, 0.4) is 0 Å². The van der Waals surface area contributed by atoms with E-state index in [-0.39, 0.29) is 12.2 Å². The summed E-state index contributed by atoms with van der Waals surface area (Å²) in [4.78, 5) is 12.7. The molecule has 4 heteroatoms. The first-order valence-electron chi connectivity index (χ1n) is 8.00. The number of rotatable bonds is 6. The second-order valence-electron chi connectivity index (χ2n) is 5.73. The van der Waals surface area contributed by atoms with Crippen LogP contribution in [0.2, 0.25) is 0 Å². The number of hydrogen-bond acceptors (Lipinski definition) is 3. The summed E-state index contributed by atoms with van der Waals surface area (Å²) in [6.45, 7) is 0.633. The average Bonchev–Trinajstić information content (AvgIpc) is 3.05. The molecule has 25 heavy (non-hydrogen) atoms. The molecule has 2 aromatic carbocycles. The van der Waals surface area contributed by atoms with Gasteiger partial charge in [0.15, 0.2) is 5.78 Å². The van der Waals surface area contributed by atoms with Crippen LogP contribution >= 0.6 is 0 Å². The smallest absolute Gasteiger partial charge is 0.194 e. The Morgan fingerprint density at radius 2 is 1.80 bits per heavy atom. The van der Waals surface area contributed by atoms with Crippen molar-refractivity contribution < 1.29 is 9.53 Å². The largest absolute Gasteiger partial charge is 0.497 e. The highest BCUT2D eigenvalue weighted by Gasteiger charge is 2.14. The molecule has 0 unspecified atom stereocenters. The van der Waals surface area contributed by atoms with Crippen molar-refractivity contribution in [1.29, 1.82) is 5.26 Å². The summed E-state index contributed by atoms with van der Waals surface area (Å²) >= 11 is 0. The van der Waals surface area contributed by atoms with Gasteiger partial charge in [-0.15, -0.1) is 0 Å². The van der Waals surface area contributed by atoms with Crippen LogP contribution in [0.5, 0.6) is 5.75 Å². The molecule has 3 rings (SSSR count). The first-order chi connectivity index (χ1) is 12.2. The zero-order valence-corrected chi connectivity index (χ0v) is 14.0. The van der Waals surface area contributed by atoms with Gasteiger partial charge in [0.1, 0.15) is 5.75 Å². The Labute approximate surface area is 146 Å². The van der Waals surface area contributed by atoms with Crippen LogP contribution in [0, 0.1) is 11.3 Å². The molecule has 0 bridgehead atoms. The van der Waals surface area contributed by atoms with E-state index in [1.807, 2.05) is 41.1 Å². The zero-order valence-electron chi connectivity index (χ0n) is 14.0. The number of ketones is 1. The quantitative estimate of drug-likeness (QED) is 0.645. The van der Waals surface area contributed by atoms with Gasteiger partial charge in [-0.1, -0.05) is 30.3 Å². The molecule has 0 fully saturated rings.